The highest BCUT2D eigenvalue weighted by atomic mass is 16.4. The Morgan fingerprint density at radius 2 is 1.95 bits per heavy atom. The first-order valence-electron chi connectivity index (χ1n) is 8.63. The van der Waals surface area contributed by atoms with Crippen molar-refractivity contribution in [3.63, 3.8) is 0 Å². The fourth-order valence-electron chi connectivity index (χ4n) is 4.08. The van der Waals surface area contributed by atoms with Gasteiger partial charge in [0.2, 0.25) is 0 Å². The van der Waals surface area contributed by atoms with E-state index in [-0.39, 0.29) is 6.54 Å². The minimum absolute atomic E-state index is 0.227. The van der Waals surface area contributed by atoms with E-state index < -0.39 is 5.97 Å². The Morgan fingerprint density at radius 1 is 1.24 bits per heavy atom. The largest absolute Gasteiger partial charge is 0.480 e. The Kier molecular flexibility index (Phi) is 4.28. The van der Waals surface area contributed by atoms with Gasteiger partial charge in [0.25, 0.3) is 0 Å². The Hall–Kier alpha value is -0.610. The average molecular weight is 294 g/mol. The van der Waals surface area contributed by atoms with Gasteiger partial charge in [-0.2, -0.15) is 0 Å². The zero-order valence-corrected chi connectivity index (χ0v) is 13.5. The van der Waals surface area contributed by atoms with E-state index in [4.69, 9.17) is 5.11 Å². The van der Waals surface area contributed by atoms with Gasteiger partial charge < -0.3 is 10.4 Å². The molecule has 2 N–H and O–H groups in total. The van der Waals surface area contributed by atoms with Crippen LogP contribution in [-0.4, -0.2) is 47.2 Å². The van der Waals surface area contributed by atoms with Crippen LogP contribution in [0.4, 0.5) is 0 Å². The van der Waals surface area contributed by atoms with E-state index in [0.29, 0.717) is 23.5 Å². The molecule has 0 aliphatic heterocycles. The predicted molar refractivity (Wildman–Crippen MR) is 83.3 cm³/mol. The third-order valence-corrected chi connectivity index (χ3v) is 5.60. The van der Waals surface area contributed by atoms with Crippen LogP contribution in [0.3, 0.4) is 0 Å². The Morgan fingerprint density at radius 3 is 2.48 bits per heavy atom. The molecule has 120 valence electrons. The minimum Gasteiger partial charge on any atom is -0.480 e. The van der Waals surface area contributed by atoms with Crippen molar-refractivity contribution in [1.29, 1.82) is 0 Å². The monoisotopic (exact) mass is 294 g/mol. The number of carbonyl (C=O) groups is 1. The molecule has 1 atom stereocenters. The first kappa shape index (κ1) is 15.3. The second-order valence-corrected chi connectivity index (χ2v) is 8.36. The Balaban J connectivity index is 1.41. The van der Waals surface area contributed by atoms with Crippen molar-refractivity contribution in [3.8, 4) is 0 Å². The number of rotatable bonds is 7. The van der Waals surface area contributed by atoms with E-state index in [9.17, 15) is 4.79 Å². The van der Waals surface area contributed by atoms with E-state index in [1.54, 1.807) is 0 Å². The molecule has 0 spiro atoms. The normalized spacial score (nSPS) is 34.9. The molecule has 3 aliphatic rings. The van der Waals surface area contributed by atoms with Crippen LogP contribution in [0, 0.1) is 11.3 Å². The van der Waals surface area contributed by atoms with Crippen molar-refractivity contribution >= 4 is 5.97 Å². The van der Waals surface area contributed by atoms with E-state index in [1.165, 1.54) is 32.1 Å². The summed E-state index contributed by atoms with van der Waals surface area (Å²) in [5, 5.41) is 12.9. The summed E-state index contributed by atoms with van der Waals surface area (Å²) in [6.45, 7) is 5.95. The van der Waals surface area contributed by atoms with Crippen LogP contribution < -0.4 is 5.32 Å². The van der Waals surface area contributed by atoms with Crippen LogP contribution in [0.5, 0.6) is 0 Å². The number of hydrogen-bond donors (Lipinski definition) is 2. The smallest absolute Gasteiger partial charge is 0.317 e. The highest BCUT2D eigenvalue weighted by molar-refractivity contribution is 5.69. The van der Waals surface area contributed by atoms with Crippen LogP contribution in [0.1, 0.15) is 58.8 Å². The first-order chi connectivity index (χ1) is 9.91. The lowest BCUT2D eigenvalue weighted by Crippen LogP contribution is -2.55. The molecule has 4 heteroatoms. The topological polar surface area (TPSA) is 52.6 Å². The maximum Gasteiger partial charge on any atom is 0.317 e. The Labute approximate surface area is 128 Å². The summed E-state index contributed by atoms with van der Waals surface area (Å²) in [7, 11) is 0. The van der Waals surface area contributed by atoms with Crippen molar-refractivity contribution in [2.24, 2.45) is 11.3 Å². The van der Waals surface area contributed by atoms with Gasteiger partial charge in [-0.3, -0.25) is 9.69 Å². The zero-order chi connectivity index (χ0) is 15.0. The summed E-state index contributed by atoms with van der Waals surface area (Å²) in [6.07, 6.45) is 8.77. The summed E-state index contributed by atoms with van der Waals surface area (Å²) >= 11 is 0. The van der Waals surface area contributed by atoms with Gasteiger partial charge >= 0.3 is 5.97 Å². The maximum absolute atomic E-state index is 11.0. The van der Waals surface area contributed by atoms with Gasteiger partial charge in [-0.25, -0.2) is 0 Å². The van der Waals surface area contributed by atoms with Gasteiger partial charge in [0.15, 0.2) is 0 Å². The molecule has 0 aromatic heterocycles. The van der Waals surface area contributed by atoms with Crippen molar-refractivity contribution < 1.29 is 9.90 Å². The zero-order valence-electron chi connectivity index (χ0n) is 13.5. The number of nitrogens with one attached hydrogen (secondary N) is 1. The molecule has 1 unspecified atom stereocenters. The summed E-state index contributed by atoms with van der Waals surface area (Å²) in [6, 6.07) is 1.79. The van der Waals surface area contributed by atoms with Gasteiger partial charge in [-0.1, -0.05) is 13.8 Å². The molecule has 3 saturated carbocycles. The van der Waals surface area contributed by atoms with Crippen LogP contribution in [0.25, 0.3) is 0 Å². The van der Waals surface area contributed by atoms with E-state index in [1.807, 2.05) is 0 Å². The number of carboxylic acid groups (broad SMARTS) is 1. The van der Waals surface area contributed by atoms with Gasteiger partial charge in [-0.15, -0.1) is 0 Å². The molecule has 0 saturated heterocycles. The summed E-state index contributed by atoms with van der Waals surface area (Å²) in [5.41, 5.74) is 0.502. The van der Waals surface area contributed by atoms with Crippen molar-refractivity contribution in [2.45, 2.75) is 76.9 Å². The molecule has 4 nitrogen and oxygen atoms in total. The molecule has 3 fully saturated rings. The van der Waals surface area contributed by atoms with Crippen molar-refractivity contribution in [1.82, 2.24) is 10.2 Å². The molecule has 0 bridgehead atoms. The fraction of sp³-hybridized carbons (Fsp3) is 0.941. The molecule has 0 radical (unpaired) electrons. The quantitative estimate of drug-likeness (QED) is 0.757. The lowest BCUT2D eigenvalue weighted by Gasteiger charge is -2.44. The van der Waals surface area contributed by atoms with Gasteiger partial charge in [-0.05, 0) is 56.3 Å². The van der Waals surface area contributed by atoms with Crippen LogP contribution in [-0.2, 0) is 4.79 Å². The SMILES string of the molecule is CC1(C)CCC(NC2CC(N(CC(=O)O)CC3CC3)C2)C1. The third kappa shape index (κ3) is 4.19. The molecular weight excluding hydrogens is 264 g/mol. The molecule has 3 rings (SSSR count). The second-order valence-electron chi connectivity index (χ2n) is 8.36. The number of nitrogens with zero attached hydrogens (tertiary/aromatic N) is 1. The maximum atomic E-state index is 11.0. The molecular formula is C17H30N2O2. The minimum atomic E-state index is -0.676. The van der Waals surface area contributed by atoms with Gasteiger partial charge in [0, 0.05) is 24.7 Å². The molecule has 3 aliphatic carbocycles. The number of hydrogen-bond acceptors (Lipinski definition) is 3. The molecule has 0 heterocycles. The van der Waals surface area contributed by atoms with Gasteiger partial charge in [0.05, 0.1) is 6.54 Å². The molecule has 0 aromatic rings. The average Bonchev–Trinajstić information content (AvgIpc) is 3.06. The number of aliphatic carboxylic acids is 1. The standard InChI is InChI=1S/C17H30N2O2/c1-17(2)6-5-13(9-17)18-14-7-15(8-14)19(11-16(20)21)10-12-3-4-12/h12-15,18H,3-11H2,1-2H3,(H,20,21). The lowest BCUT2D eigenvalue weighted by atomic mass is 9.84. The second kappa shape index (κ2) is 5.88. The Bertz CT molecular complexity index is 386. The predicted octanol–water partition coefficient (Wildman–Crippen LogP) is 2.48. The van der Waals surface area contributed by atoms with Gasteiger partial charge in [0.1, 0.15) is 0 Å². The van der Waals surface area contributed by atoms with Crippen LogP contribution in [0.15, 0.2) is 0 Å². The van der Waals surface area contributed by atoms with E-state index >= 15 is 0 Å². The third-order valence-electron chi connectivity index (χ3n) is 5.60. The van der Waals surface area contributed by atoms with Crippen molar-refractivity contribution in [3.05, 3.63) is 0 Å². The molecule has 21 heavy (non-hydrogen) atoms. The van der Waals surface area contributed by atoms with Crippen molar-refractivity contribution in [2.75, 3.05) is 13.1 Å². The summed E-state index contributed by atoms with van der Waals surface area (Å²) in [5.74, 6) is 0.0941. The molecule has 0 amide bonds. The first-order valence-corrected chi connectivity index (χ1v) is 8.63. The fourth-order valence-corrected chi connectivity index (χ4v) is 4.08. The van der Waals surface area contributed by atoms with E-state index in [0.717, 1.165) is 25.3 Å². The lowest BCUT2D eigenvalue weighted by molar-refractivity contribution is -0.139. The highest BCUT2D eigenvalue weighted by Crippen LogP contribution is 2.39. The summed E-state index contributed by atoms with van der Waals surface area (Å²) in [4.78, 5) is 13.2. The van der Waals surface area contributed by atoms with E-state index in [2.05, 4.69) is 24.1 Å². The number of carboxylic acids is 1. The van der Waals surface area contributed by atoms with Crippen LogP contribution in [0.2, 0.25) is 0 Å². The highest BCUT2D eigenvalue weighted by Gasteiger charge is 2.39. The summed E-state index contributed by atoms with van der Waals surface area (Å²) < 4.78 is 0. The molecule has 0 aromatic carbocycles. The van der Waals surface area contributed by atoms with Crippen LogP contribution >= 0.6 is 0 Å².